The van der Waals surface area contributed by atoms with Crippen LogP contribution in [0, 0.1) is 6.07 Å². The number of hydrogen-bond donors (Lipinski definition) is 1. The van der Waals surface area contributed by atoms with Gasteiger partial charge in [-0.2, -0.15) is 0 Å². The van der Waals surface area contributed by atoms with Crippen molar-refractivity contribution in [1.82, 2.24) is 4.98 Å². The SMILES string of the molecule is NCc1cc2cc(-c3cc[c]cn3)cc(Cl)c2o1. The Morgan fingerprint density at radius 1 is 1.33 bits per heavy atom. The van der Waals surface area contributed by atoms with Gasteiger partial charge in [0.15, 0.2) is 5.58 Å². The Morgan fingerprint density at radius 2 is 2.22 bits per heavy atom. The van der Waals surface area contributed by atoms with Crippen LogP contribution in [0.1, 0.15) is 5.76 Å². The Balaban J connectivity index is 2.21. The van der Waals surface area contributed by atoms with Gasteiger partial charge in [-0.25, -0.2) is 0 Å². The molecule has 0 fully saturated rings. The Morgan fingerprint density at radius 3 is 2.94 bits per heavy atom. The molecule has 18 heavy (non-hydrogen) atoms. The lowest BCUT2D eigenvalue weighted by Gasteiger charge is -2.01. The van der Waals surface area contributed by atoms with Crippen LogP contribution in [0.3, 0.4) is 0 Å². The predicted octanol–water partition coefficient (Wildman–Crippen LogP) is 3.41. The topological polar surface area (TPSA) is 52.0 Å². The van der Waals surface area contributed by atoms with Gasteiger partial charge >= 0.3 is 0 Å². The van der Waals surface area contributed by atoms with Crippen molar-refractivity contribution in [2.45, 2.75) is 6.54 Å². The standard InChI is InChI=1S/C14H10ClN2O/c15-12-7-9(13-3-1-2-4-17-13)5-10-6-11(8-16)18-14(10)12/h1,3-7H,8,16H2. The fraction of sp³-hybridized carbons (Fsp3) is 0.0714. The number of benzene rings is 1. The van der Waals surface area contributed by atoms with Crippen molar-refractivity contribution in [1.29, 1.82) is 0 Å². The van der Waals surface area contributed by atoms with E-state index in [1.807, 2.05) is 30.3 Å². The summed E-state index contributed by atoms with van der Waals surface area (Å²) in [6.07, 6.45) is 1.63. The van der Waals surface area contributed by atoms with Crippen molar-refractivity contribution in [3.8, 4) is 11.3 Å². The Hall–Kier alpha value is -1.84. The van der Waals surface area contributed by atoms with Crippen LogP contribution in [0.2, 0.25) is 5.02 Å². The quantitative estimate of drug-likeness (QED) is 0.765. The third-order valence-electron chi connectivity index (χ3n) is 2.73. The molecular formula is C14H10ClN2O. The summed E-state index contributed by atoms with van der Waals surface area (Å²) in [6, 6.07) is 12.3. The molecule has 0 unspecified atom stereocenters. The van der Waals surface area contributed by atoms with Crippen molar-refractivity contribution in [3.05, 3.63) is 53.4 Å². The number of furan rings is 1. The van der Waals surface area contributed by atoms with E-state index in [-0.39, 0.29) is 0 Å². The molecular weight excluding hydrogens is 248 g/mol. The van der Waals surface area contributed by atoms with E-state index < -0.39 is 0 Å². The third-order valence-corrected chi connectivity index (χ3v) is 3.02. The second-order valence-electron chi connectivity index (χ2n) is 3.94. The van der Waals surface area contributed by atoms with Gasteiger partial charge in [0.1, 0.15) is 5.76 Å². The van der Waals surface area contributed by atoms with Crippen molar-refractivity contribution >= 4 is 22.6 Å². The Kier molecular flexibility index (Phi) is 2.78. The van der Waals surface area contributed by atoms with Crippen molar-refractivity contribution in [3.63, 3.8) is 0 Å². The molecule has 0 bridgehead atoms. The Labute approximate surface area is 109 Å². The normalized spacial score (nSPS) is 11.0. The summed E-state index contributed by atoms with van der Waals surface area (Å²) in [7, 11) is 0. The van der Waals surface area contributed by atoms with E-state index in [1.165, 1.54) is 0 Å². The molecule has 2 N–H and O–H groups in total. The Bertz CT molecular complexity index is 692. The van der Waals surface area contributed by atoms with Gasteiger partial charge in [0, 0.05) is 23.2 Å². The summed E-state index contributed by atoms with van der Waals surface area (Å²) < 4.78 is 5.56. The zero-order valence-corrected chi connectivity index (χ0v) is 10.2. The lowest BCUT2D eigenvalue weighted by Crippen LogP contribution is -1.92. The summed E-state index contributed by atoms with van der Waals surface area (Å²) in [4.78, 5) is 4.25. The maximum absolute atomic E-state index is 6.21. The van der Waals surface area contributed by atoms with Crippen LogP contribution in [0.5, 0.6) is 0 Å². The first-order valence-electron chi connectivity index (χ1n) is 5.52. The molecule has 0 atom stereocenters. The van der Waals surface area contributed by atoms with Crippen LogP contribution >= 0.6 is 11.6 Å². The number of nitrogens with zero attached hydrogens (tertiary/aromatic N) is 1. The molecule has 4 heteroatoms. The van der Waals surface area contributed by atoms with Gasteiger partial charge in [-0.05, 0) is 24.3 Å². The molecule has 0 spiro atoms. The van der Waals surface area contributed by atoms with E-state index in [0.717, 1.165) is 22.4 Å². The smallest absolute Gasteiger partial charge is 0.152 e. The fourth-order valence-electron chi connectivity index (χ4n) is 1.90. The van der Waals surface area contributed by atoms with Crippen LogP contribution in [0.25, 0.3) is 22.2 Å². The summed E-state index contributed by atoms with van der Waals surface area (Å²) in [5.74, 6) is 0.721. The average molecular weight is 258 g/mol. The van der Waals surface area contributed by atoms with Gasteiger partial charge in [0.25, 0.3) is 0 Å². The van der Waals surface area contributed by atoms with Gasteiger partial charge < -0.3 is 10.2 Å². The van der Waals surface area contributed by atoms with Crippen molar-refractivity contribution in [2.75, 3.05) is 0 Å². The highest BCUT2D eigenvalue weighted by Crippen LogP contribution is 2.31. The minimum atomic E-state index is 0.360. The average Bonchev–Trinajstić information content (AvgIpc) is 2.83. The highest BCUT2D eigenvalue weighted by molar-refractivity contribution is 6.35. The molecule has 2 heterocycles. The van der Waals surface area contributed by atoms with E-state index in [4.69, 9.17) is 21.8 Å². The highest BCUT2D eigenvalue weighted by Gasteiger charge is 2.10. The maximum atomic E-state index is 6.21. The molecule has 3 aromatic rings. The van der Waals surface area contributed by atoms with E-state index in [0.29, 0.717) is 17.2 Å². The van der Waals surface area contributed by atoms with E-state index in [2.05, 4.69) is 11.1 Å². The van der Waals surface area contributed by atoms with Crippen LogP contribution in [0.15, 0.2) is 40.9 Å². The van der Waals surface area contributed by atoms with Gasteiger partial charge in [-0.15, -0.1) is 0 Å². The monoisotopic (exact) mass is 257 g/mol. The zero-order chi connectivity index (χ0) is 12.5. The van der Waals surface area contributed by atoms with Crippen LogP contribution < -0.4 is 5.73 Å². The molecule has 0 saturated heterocycles. The van der Waals surface area contributed by atoms with Gasteiger partial charge in [-0.1, -0.05) is 17.7 Å². The van der Waals surface area contributed by atoms with Crippen LogP contribution in [0.4, 0.5) is 0 Å². The minimum absolute atomic E-state index is 0.360. The molecule has 0 aliphatic carbocycles. The first-order chi connectivity index (χ1) is 8.78. The number of pyridine rings is 1. The van der Waals surface area contributed by atoms with Crippen molar-refractivity contribution < 1.29 is 4.42 Å². The summed E-state index contributed by atoms with van der Waals surface area (Å²) in [5, 5.41) is 1.50. The molecule has 1 radical (unpaired) electrons. The summed E-state index contributed by atoms with van der Waals surface area (Å²) in [6.45, 7) is 0.360. The number of fused-ring (bicyclic) bond motifs is 1. The maximum Gasteiger partial charge on any atom is 0.152 e. The minimum Gasteiger partial charge on any atom is -0.458 e. The summed E-state index contributed by atoms with van der Waals surface area (Å²) >= 11 is 6.21. The third kappa shape index (κ3) is 1.88. The molecule has 3 nitrogen and oxygen atoms in total. The summed E-state index contributed by atoms with van der Waals surface area (Å²) in [5.41, 5.74) is 8.03. The highest BCUT2D eigenvalue weighted by atomic mass is 35.5. The van der Waals surface area contributed by atoms with Crippen LogP contribution in [-0.2, 0) is 6.54 Å². The number of nitrogens with two attached hydrogens (primary N) is 1. The zero-order valence-electron chi connectivity index (χ0n) is 9.48. The number of rotatable bonds is 2. The molecule has 3 rings (SSSR count). The molecule has 2 aromatic heterocycles. The lowest BCUT2D eigenvalue weighted by molar-refractivity contribution is 0.552. The molecule has 0 aliphatic heterocycles. The number of halogens is 1. The van der Waals surface area contributed by atoms with E-state index in [1.54, 1.807) is 6.20 Å². The number of aromatic nitrogens is 1. The first kappa shape index (κ1) is 11.3. The molecule has 0 amide bonds. The van der Waals surface area contributed by atoms with Gasteiger partial charge in [0.05, 0.1) is 17.3 Å². The predicted molar refractivity (Wildman–Crippen MR) is 71.2 cm³/mol. The largest absolute Gasteiger partial charge is 0.458 e. The van der Waals surface area contributed by atoms with Crippen LogP contribution in [-0.4, -0.2) is 4.98 Å². The van der Waals surface area contributed by atoms with Gasteiger partial charge in [0.2, 0.25) is 0 Å². The fourth-order valence-corrected chi connectivity index (χ4v) is 2.17. The molecule has 0 saturated carbocycles. The lowest BCUT2D eigenvalue weighted by atomic mass is 10.1. The first-order valence-corrected chi connectivity index (χ1v) is 5.90. The van der Waals surface area contributed by atoms with E-state index in [9.17, 15) is 0 Å². The van der Waals surface area contributed by atoms with Gasteiger partial charge in [-0.3, -0.25) is 4.98 Å². The second kappa shape index (κ2) is 4.44. The molecule has 0 aliphatic rings. The number of hydrogen-bond acceptors (Lipinski definition) is 3. The molecule has 89 valence electrons. The second-order valence-corrected chi connectivity index (χ2v) is 4.34. The molecule has 1 aromatic carbocycles. The van der Waals surface area contributed by atoms with Crippen molar-refractivity contribution in [2.24, 2.45) is 5.73 Å². The van der Waals surface area contributed by atoms with E-state index >= 15 is 0 Å².